The topological polar surface area (TPSA) is 58.6 Å². The number of nitrogens with one attached hydrogen (secondary N) is 1. The van der Waals surface area contributed by atoms with Gasteiger partial charge in [-0.2, -0.15) is 0 Å². The van der Waals surface area contributed by atoms with Gasteiger partial charge in [-0.15, -0.1) is 0 Å². The molecule has 168 valence electrons. The van der Waals surface area contributed by atoms with Gasteiger partial charge in [-0.3, -0.25) is 4.79 Å². The van der Waals surface area contributed by atoms with Gasteiger partial charge in [-0.1, -0.05) is 47.8 Å². The van der Waals surface area contributed by atoms with Gasteiger partial charge in [-0.05, 0) is 74.6 Å². The molecule has 2 aliphatic carbocycles. The summed E-state index contributed by atoms with van der Waals surface area (Å²) in [5.41, 5.74) is 2.17. The lowest BCUT2D eigenvalue weighted by molar-refractivity contribution is -0.131. The van der Waals surface area contributed by atoms with E-state index in [9.17, 15) is 4.79 Å². The van der Waals surface area contributed by atoms with Crippen molar-refractivity contribution in [3.63, 3.8) is 0 Å². The third-order valence-electron chi connectivity index (χ3n) is 7.63. The minimum absolute atomic E-state index is 0.0337. The smallest absolute Gasteiger partial charge is 0.226 e. The minimum atomic E-state index is -0.316. The van der Waals surface area contributed by atoms with E-state index in [1.807, 2.05) is 18.2 Å². The first-order valence-corrected chi connectivity index (χ1v) is 12.1. The van der Waals surface area contributed by atoms with Crippen LogP contribution in [0.25, 0.3) is 0 Å². The maximum absolute atomic E-state index is 13.1. The normalized spacial score (nSPS) is 32.7. The van der Waals surface area contributed by atoms with Crippen LogP contribution in [0.5, 0.6) is 5.75 Å². The van der Waals surface area contributed by atoms with Crippen molar-refractivity contribution in [3.05, 3.63) is 51.5 Å². The Morgan fingerprint density at radius 2 is 2.06 bits per heavy atom. The summed E-state index contributed by atoms with van der Waals surface area (Å²) in [5.74, 6) is 1.55. The lowest BCUT2D eigenvalue weighted by atomic mass is 9.53. The highest BCUT2D eigenvalue weighted by molar-refractivity contribution is 6.31. The van der Waals surface area contributed by atoms with Gasteiger partial charge in [0.15, 0.2) is 0 Å². The number of ether oxygens (including phenoxy) is 1. The Balaban J connectivity index is 1.76. The van der Waals surface area contributed by atoms with Gasteiger partial charge in [-0.25, -0.2) is 0 Å². The minimum Gasteiger partial charge on any atom is -0.491 e. The van der Waals surface area contributed by atoms with E-state index < -0.39 is 0 Å². The number of benzene rings is 1. The Labute approximate surface area is 194 Å². The van der Waals surface area contributed by atoms with Crippen LogP contribution in [-0.4, -0.2) is 30.3 Å². The molecule has 0 bridgehead atoms. The van der Waals surface area contributed by atoms with E-state index in [4.69, 9.17) is 33.0 Å². The van der Waals surface area contributed by atoms with Crippen molar-refractivity contribution in [2.75, 3.05) is 13.2 Å². The molecule has 1 aromatic carbocycles. The number of fused-ring (bicyclic) bond motifs is 1. The van der Waals surface area contributed by atoms with Crippen molar-refractivity contribution in [1.82, 2.24) is 5.32 Å². The summed E-state index contributed by atoms with van der Waals surface area (Å²) in [6.45, 7) is 4.51. The highest BCUT2D eigenvalue weighted by Crippen LogP contribution is 2.59. The molecule has 4 nitrogen and oxygen atoms in total. The second-order valence-electron chi connectivity index (χ2n) is 9.08. The van der Waals surface area contributed by atoms with Crippen LogP contribution < -0.4 is 10.1 Å². The Kier molecular flexibility index (Phi) is 6.71. The molecule has 1 aliphatic heterocycles. The zero-order chi connectivity index (χ0) is 22.2. The Hall–Kier alpha value is -1.49. The molecular formula is C25H31Cl2NO3. The standard InChI is InChI=1S/C25H31Cl2NO3/c1-3-25-11-10-20(19-9-8-18(14-21(19)27)31-13-12-29)22(16-4-6-17(26)7-5-16)23(25)15(2)28-24(25)30/h4,6,8-9,14-15,20,22-23,29H,3,5,7,10-13H2,1-2H3,(H,28,30)/t15-,20+,22+,23+,25?/m1/s1. The van der Waals surface area contributed by atoms with Gasteiger partial charge in [0.25, 0.3) is 0 Å². The fraction of sp³-hybridized carbons (Fsp3) is 0.560. The third-order valence-corrected chi connectivity index (χ3v) is 8.27. The molecule has 5 atom stereocenters. The lowest BCUT2D eigenvalue weighted by Gasteiger charge is -2.48. The fourth-order valence-electron chi connectivity index (χ4n) is 6.23. The van der Waals surface area contributed by atoms with Crippen LogP contribution >= 0.6 is 23.2 Å². The zero-order valence-corrected chi connectivity index (χ0v) is 19.7. The van der Waals surface area contributed by atoms with Gasteiger partial charge < -0.3 is 15.2 Å². The first kappa shape index (κ1) is 22.7. The van der Waals surface area contributed by atoms with Crippen LogP contribution in [-0.2, 0) is 4.79 Å². The number of hydrogen-bond donors (Lipinski definition) is 2. The Bertz CT molecular complexity index is 912. The van der Waals surface area contributed by atoms with Crippen molar-refractivity contribution in [2.24, 2.45) is 17.3 Å². The molecule has 1 amide bonds. The number of carbonyl (C=O) groups is 1. The van der Waals surface area contributed by atoms with Crippen molar-refractivity contribution < 1.29 is 14.6 Å². The van der Waals surface area contributed by atoms with Crippen molar-refractivity contribution >= 4 is 29.1 Å². The van der Waals surface area contributed by atoms with E-state index in [0.717, 1.165) is 42.7 Å². The average Bonchev–Trinajstić information content (AvgIpc) is 3.03. The van der Waals surface area contributed by atoms with Crippen molar-refractivity contribution in [3.8, 4) is 5.75 Å². The summed E-state index contributed by atoms with van der Waals surface area (Å²) in [7, 11) is 0. The predicted molar refractivity (Wildman–Crippen MR) is 125 cm³/mol. The number of halogens is 2. The van der Waals surface area contributed by atoms with Crippen molar-refractivity contribution in [1.29, 1.82) is 0 Å². The molecule has 1 saturated carbocycles. The Morgan fingerprint density at radius 3 is 2.71 bits per heavy atom. The molecule has 1 saturated heterocycles. The predicted octanol–water partition coefficient (Wildman–Crippen LogP) is 5.58. The first-order chi connectivity index (χ1) is 14.9. The number of aliphatic hydroxyl groups excluding tert-OH is 1. The maximum atomic E-state index is 13.1. The van der Waals surface area contributed by atoms with Crippen LogP contribution in [0.3, 0.4) is 0 Å². The highest BCUT2D eigenvalue weighted by Gasteiger charge is 2.59. The van der Waals surface area contributed by atoms with Crippen LogP contribution in [0.1, 0.15) is 57.4 Å². The largest absolute Gasteiger partial charge is 0.491 e. The lowest BCUT2D eigenvalue weighted by Crippen LogP contribution is -2.45. The molecule has 2 fully saturated rings. The van der Waals surface area contributed by atoms with Crippen LogP contribution in [0.2, 0.25) is 5.02 Å². The third kappa shape index (κ3) is 4.03. The summed E-state index contributed by atoms with van der Waals surface area (Å²) < 4.78 is 5.54. The first-order valence-electron chi connectivity index (χ1n) is 11.3. The molecule has 2 N–H and O–H groups in total. The molecule has 0 spiro atoms. The van der Waals surface area contributed by atoms with E-state index >= 15 is 0 Å². The van der Waals surface area contributed by atoms with Gasteiger partial charge in [0.2, 0.25) is 5.91 Å². The van der Waals surface area contributed by atoms with E-state index in [2.05, 4.69) is 31.3 Å². The monoisotopic (exact) mass is 463 g/mol. The molecule has 4 rings (SSSR count). The van der Waals surface area contributed by atoms with Gasteiger partial charge in [0.1, 0.15) is 12.4 Å². The summed E-state index contributed by atoms with van der Waals surface area (Å²) in [5, 5.41) is 13.9. The van der Waals surface area contributed by atoms with Crippen LogP contribution in [0.15, 0.2) is 41.0 Å². The maximum Gasteiger partial charge on any atom is 0.226 e. The van der Waals surface area contributed by atoms with E-state index in [-0.39, 0.29) is 48.3 Å². The van der Waals surface area contributed by atoms with E-state index in [1.54, 1.807) is 0 Å². The number of aliphatic hydroxyl groups is 1. The zero-order valence-electron chi connectivity index (χ0n) is 18.2. The molecule has 1 aromatic rings. The van der Waals surface area contributed by atoms with Crippen LogP contribution in [0, 0.1) is 17.3 Å². The summed E-state index contributed by atoms with van der Waals surface area (Å²) in [4.78, 5) is 13.1. The molecule has 1 heterocycles. The molecule has 0 aromatic heterocycles. The molecule has 31 heavy (non-hydrogen) atoms. The second kappa shape index (κ2) is 9.17. The summed E-state index contributed by atoms with van der Waals surface area (Å²) in [6.07, 6.45) is 8.60. The molecule has 3 aliphatic rings. The highest BCUT2D eigenvalue weighted by atomic mass is 35.5. The van der Waals surface area contributed by atoms with Crippen molar-refractivity contribution in [2.45, 2.75) is 57.9 Å². The summed E-state index contributed by atoms with van der Waals surface area (Å²) in [6, 6.07) is 5.96. The number of allylic oxidation sites excluding steroid dienone is 4. The molecule has 0 radical (unpaired) electrons. The van der Waals surface area contributed by atoms with Gasteiger partial charge in [0.05, 0.1) is 12.0 Å². The van der Waals surface area contributed by atoms with Crippen LogP contribution in [0.4, 0.5) is 0 Å². The second-order valence-corrected chi connectivity index (χ2v) is 9.97. The Morgan fingerprint density at radius 1 is 1.26 bits per heavy atom. The number of carbonyl (C=O) groups excluding carboxylic acids is 1. The number of hydrogen-bond acceptors (Lipinski definition) is 3. The average molecular weight is 464 g/mol. The quantitative estimate of drug-likeness (QED) is 0.578. The molecular weight excluding hydrogens is 433 g/mol. The van der Waals surface area contributed by atoms with E-state index in [1.165, 1.54) is 5.57 Å². The van der Waals surface area contributed by atoms with Gasteiger partial charge in [0, 0.05) is 22.0 Å². The summed E-state index contributed by atoms with van der Waals surface area (Å²) >= 11 is 13.0. The number of rotatable bonds is 6. The number of amides is 1. The molecule has 1 unspecified atom stereocenters. The SMILES string of the molecule is CCC12CC[C@@H](c3ccc(OCCO)cc3Cl)[C@H](C3=CC=C(Cl)CC3)[C@@H]1[C@@H](C)NC2=O. The molecule has 6 heteroatoms. The van der Waals surface area contributed by atoms with Gasteiger partial charge >= 0.3 is 0 Å². The van der Waals surface area contributed by atoms with E-state index in [0.29, 0.717) is 10.8 Å². The fourth-order valence-corrected chi connectivity index (χ4v) is 6.69.